The van der Waals surface area contributed by atoms with Crippen molar-refractivity contribution in [1.82, 2.24) is 4.90 Å². The van der Waals surface area contributed by atoms with E-state index in [1.807, 2.05) is 20.8 Å². The van der Waals surface area contributed by atoms with Gasteiger partial charge in [-0.25, -0.2) is 4.79 Å². The van der Waals surface area contributed by atoms with Crippen molar-refractivity contribution < 1.29 is 23.8 Å². The summed E-state index contributed by atoms with van der Waals surface area (Å²) < 4.78 is 15.9. The molecule has 0 bridgehead atoms. The number of esters is 1. The van der Waals surface area contributed by atoms with Crippen LogP contribution in [0.15, 0.2) is 0 Å². The lowest BCUT2D eigenvalue weighted by molar-refractivity contribution is -0.145. The van der Waals surface area contributed by atoms with Crippen molar-refractivity contribution in [3.8, 4) is 0 Å². The van der Waals surface area contributed by atoms with E-state index in [2.05, 4.69) is 11.7 Å². The third-order valence-electron chi connectivity index (χ3n) is 3.91. The predicted molar refractivity (Wildman–Crippen MR) is 82.6 cm³/mol. The summed E-state index contributed by atoms with van der Waals surface area (Å²) in [7, 11) is 1.37. The van der Waals surface area contributed by atoms with E-state index >= 15 is 0 Å². The van der Waals surface area contributed by atoms with Gasteiger partial charge in [0.2, 0.25) is 0 Å². The zero-order valence-corrected chi connectivity index (χ0v) is 14.4. The Hall–Kier alpha value is -1.30. The number of hydrogen-bond donors (Lipinski definition) is 0. The molecule has 22 heavy (non-hydrogen) atoms. The maximum atomic E-state index is 12.1. The van der Waals surface area contributed by atoms with Crippen molar-refractivity contribution in [2.75, 3.05) is 26.8 Å². The molecule has 1 fully saturated rings. The number of rotatable bonds is 5. The second-order valence-electron chi connectivity index (χ2n) is 6.68. The summed E-state index contributed by atoms with van der Waals surface area (Å²) in [6.45, 7) is 9.24. The van der Waals surface area contributed by atoms with Crippen molar-refractivity contribution >= 4 is 12.1 Å². The highest BCUT2D eigenvalue weighted by atomic mass is 16.6. The molecule has 1 heterocycles. The predicted octanol–water partition coefficient (Wildman–Crippen LogP) is 2.75. The summed E-state index contributed by atoms with van der Waals surface area (Å²) in [6, 6.07) is 0. The molecular weight excluding hydrogens is 286 g/mol. The summed E-state index contributed by atoms with van der Waals surface area (Å²) in [5.41, 5.74) is -0.736. The Bertz CT molecular complexity index is 380. The molecule has 0 aromatic carbocycles. The zero-order valence-electron chi connectivity index (χ0n) is 14.4. The van der Waals surface area contributed by atoms with Crippen LogP contribution in [-0.2, 0) is 19.0 Å². The minimum Gasteiger partial charge on any atom is -0.469 e. The standard InChI is InChI=1S/C16H29NO5/c1-6-16(21-12-7-13(18)20-5)8-10-17(11-9-16)14(19)22-15(2,3)4/h6-12H2,1-5H3. The largest absolute Gasteiger partial charge is 0.469 e. The number of piperidine rings is 1. The summed E-state index contributed by atoms with van der Waals surface area (Å²) in [6.07, 6.45) is 2.35. The number of carbonyl (C=O) groups is 2. The number of ether oxygens (including phenoxy) is 3. The monoisotopic (exact) mass is 315 g/mol. The molecule has 1 aliphatic rings. The van der Waals surface area contributed by atoms with Crippen LogP contribution in [0.1, 0.15) is 53.4 Å². The van der Waals surface area contributed by atoms with E-state index in [0.29, 0.717) is 19.7 Å². The van der Waals surface area contributed by atoms with Gasteiger partial charge in [-0.2, -0.15) is 0 Å². The highest BCUT2D eigenvalue weighted by molar-refractivity contribution is 5.69. The number of nitrogens with zero attached hydrogens (tertiary/aromatic N) is 1. The van der Waals surface area contributed by atoms with Gasteiger partial charge in [-0.15, -0.1) is 0 Å². The first-order chi connectivity index (χ1) is 10.2. The summed E-state index contributed by atoms with van der Waals surface area (Å²) in [5.74, 6) is -0.266. The van der Waals surface area contributed by atoms with Crippen LogP contribution in [0.5, 0.6) is 0 Å². The molecule has 0 atom stereocenters. The number of carbonyl (C=O) groups excluding carboxylic acids is 2. The number of likely N-dealkylation sites (tertiary alicyclic amines) is 1. The molecule has 6 nitrogen and oxygen atoms in total. The van der Waals surface area contributed by atoms with Crippen LogP contribution in [0.4, 0.5) is 4.79 Å². The molecule has 0 unspecified atom stereocenters. The van der Waals surface area contributed by atoms with Gasteiger partial charge >= 0.3 is 12.1 Å². The van der Waals surface area contributed by atoms with Gasteiger partial charge in [0.05, 0.1) is 25.7 Å². The summed E-state index contributed by atoms with van der Waals surface area (Å²) in [4.78, 5) is 24.9. The minimum atomic E-state index is -0.479. The van der Waals surface area contributed by atoms with Crippen LogP contribution >= 0.6 is 0 Å². The minimum absolute atomic E-state index is 0.257. The summed E-state index contributed by atoms with van der Waals surface area (Å²) in [5, 5.41) is 0. The van der Waals surface area contributed by atoms with Crippen LogP contribution in [0.3, 0.4) is 0 Å². The third-order valence-corrected chi connectivity index (χ3v) is 3.91. The van der Waals surface area contributed by atoms with Gasteiger partial charge in [-0.3, -0.25) is 4.79 Å². The highest BCUT2D eigenvalue weighted by Crippen LogP contribution is 2.30. The van der Waals surface area contributed by atoms with Crippen LogP contribution in [0.2, 0.25) is 0 Å². The van der Waals surface area contributed by atoms with E-state index in [0.717, 1.165) is 19.3 Å². The van der Waals surface area contributed by atoms with E-state index in [4.69, 9.17) is 9.47 Å². The van der Waals surface area contributed by atoms with Gasteiger partial charge in [-0.05, 0) is 40.0 Å². The number of methoxy groups -OCH3 is 1. The molecule has 1 amide bonds. The average molecular weight is 315 g/mol. The lowest BCUT2D eigenvalue weighted by Crippen LogP contribution is -2.49. The molecule has 6 heteroatoms. The highest BCUT2D eigenvalue weighted by Gasteiger charge is 2.36. The maximum absolute atomic E-state index is 12.1. The van der Waals surface area contributed by atoms with Crippen LogP contribution in [0.25, 0.3) is 0 Å². The van der Waals surface area contributed by atoms with Crippen molar-refractivity contribution in [2.45, 2.75) is 64.6 Å². The SMILES string of the molecule is CCC1(OCCC(=O)OC)CCN(C(=O)OC(C)(C)C)CC1. The van der Waals surface area contributed by atoms with Gasteiger partial charge < -0.3 is 19.1 Å². The van der Waals surface area contributed by atoms with Crippen LogP contribution < -0.4 is 0 Å². The van der Waals surface area contributed by atoms with Gasteiger partial charge in [0.25, 0.3) is 0 Å². The van der Waals surface area contributed by atoms with Crippen LogP contribution in [-0.4, -0.2) is 55.0 Å². The van der Waals surface area contributed by atoms with E-state index in [1.54, 1.807) is 4.90 Å². The first kappa shape index (κ1) is 18.7. The topological polar surface area (TPSA) is 65.1 Å². The molecule has 0 aromatic heterocycles. The van der Waals surface area contributed by atoms with Crippen molar-refractivity contribution in [1.29, 1.82) is 0 Å². The smallest absolute Gasteiger partial charge is 0.410 e. The van der Waals surface area contributed by atoms with Crippen molar-refractivity contribution in [3.05, 3.63) is 0 Å². The Balaban J connectivity index is 2.46. The van der Waals surface area contributed by atoms with Crippen LogP contribution in [0, 0.1) is 0 Å². The Morgan fingerprint density at radius 1 is 1.18 bits per heavy atom. The van der Waals surface area contributed by atoms with Gasteiger partial charge in [-0.1, -0.05) is 6.92 Å². The molecule has 0 N–H and O–H groups in total. The van der Waals surface area contributed by atoms with Gasteiger partial charge in [0.15, 0.2) is 0 Å². The Labute approximate surface area is 133 Å². The first-order valence-electron chi connectivity index (χ1n) is 7.90. The molecule has 0 aromatic rings. The first-order valence-corrected chi connectivity index (χ1v) is 7.90. The second-order valence-corrected chi connectivity index (χ2v) is 6.68. The molecule has 0 saturated carbocycles. The number of amides is 1. The lowest BCUT2D eigenvalue weighted by Gasteiger charge is -2.41. The van der Waals surface area contributed by atoms with E-state index in [9.17, 15) is 9.59 Å². The normalized spacial score (nSPS) is 18.0. The van der Waals surface area contributed by atoms with Gasteiger partial charge in [0.1, 0.15) is 5.60 Å². The maximum Gasteiger partial charge on any atom is 0.410 e. The fourth-order valence-corrected chi connectivity index (χ4v) is 2.48. The fraction of sp³-hybridized carbons (Fsp3) is 0.875. The van der Waals surface area contributed by atoms with E-state index in [-0.39, 0.29) is 24.1 Å². The molecule has 0 aliphatic carbocycles. The lowest BCUT2D eigenvalue weighted by atomic mass is 9.88. The van der Waals surface area contributed by atoms with E-state index < -0.39 is 5.60 Å². The molecule has 128 valence electrons. The molecule has 0 spiro atoms. The summed E-state index contributed by atoms with van der Waals surface area (Å²) >= 11 is 0. The van der Waals surface area contributed by atoms with Crippen molar-refractivity contribution in [2.24, 2.45) is 0 Å². The van der Waals surface area contributed by atoms with Crippen molar-refractivity contribution in [3.63, 3.8) is 0 Å². The number of hydrogen-bond acceptors (Lipinski definition) is 5. The van der Waals surface area contributed by atoms with E-state index in [1.165, 1.54) is 7.11 Å². The second kappa shape index (κ2) is 7.81. The van der Waals surface area contributed by atoms with Gasteiger partial charge in [0, 0.05) is 13.1 Å². The Kier molecular flexibility index (Phi) is 6.66. The Morgan fingerprint density at radius 3 is 2.23 bits per heavy atom. The third kappa shape index (κ3) is 5.83. The Morgan fingerprint density at radius 2 is 1.77 bits per heavy atom. The molecular formula is C16H29NO5. The molecule has 1 rings (SSSR count). The average Bonchev–Trinajstić information content (AvgIpc) is 2.45. The molecule has 1 saturated heterocycles. The quantitative estimate of drug-likeness (QED) is 0.730. The molecule has 1 aliphatic heterocycles. The molecule has 0 radical (unpaired) electrons. The zero-order chi connectivity index (χ0) is 16.8. The fourth-order valence-electron chi connectivity index (χ4n) is 2.48.